The molecule has 0 unspecified atom stereocenters. The minimum Gasteiger partial charge on any atom is -0.392 e. The minimum absolute atomic E-state index is 0.0763. The highest BCUT2D eigenvalue weighted by atomic mass is 19.1. The van der Waals surface area contributed by atoms with Crippen molar-refractivity contribution in [3.63, 3.8) is 0 Å². The first kappa shape index (κ1) is 12.5. The number of piperidine rings is 1. The van der Waals surface area contributed by atoms with Gasteiger partial charge in [-0.3, -0.25) is 0 Å². The molecule has 0 atom stereocenters. The molecule has 1 heterocycles. The molecule has 1 fully saturated rings. The van der Waals surface area contributed by atoms with Crippen molar-refractivity contribution in [1.29, 1.82) is 0 Å². The molecule has 94 valence electrons. The third kappa shape index (κ3) is 3.27. The van der Waals surface area contributed by atoms with Crippen molar-refractivity contribution < 1.29 is 9.50 Å². The van der Waals surface area contributed by atoms with E-state index in [2.05, 4.69) is 4.90 Å². The molecule has 2 rings (SSSR count). The Labute approximate surface area is 102 Å². The van der Waals surface area contributed by atoms with Crippen LogP contribution in [-0.4, -0.2) is 29.6 Å². The summed E-state index contributed by atoms with van der Waals surface area (Å²) in [6.07, 6.45) is 4.52. The van der Waals surface area contributed by atoms with Gasteiger partial charge in [0.05, 0.1) is 6.61 Å². The predicted octanol–water partition coefficient (Wildman–Crippen LogP) is 2.35. The van der Waals surface area contributed by atoms with Gasteiger partial charge in [-0.1, -0.05) is 18.6 Å². The lowest BCUT2D eigenvalue weighted by molar-refractivity contribution is 0.229. The van der Waals surface area contributed by atoms with Crippen LogP contribution in [0.3, 0.4) is 0 Å². The SMILES string of the molecule is OCc1cccc(F)c1CCN1CCCCC1. The molecule has 1 aromatic rings. The third-order valence-corrected chi connectivity index (χ3v) is 3.51. The average Bonchev–Trinajstić information content (AvgIpc) is 2.38. The summed E-state index contributed by atoms with van der Waals surface area (Å²) in [4.78, 5) is 2.39. The minimum atomic E-state index is -0.187. The van der Waals surface area contributed by atoms with Gasteiger partial charge in [0.1, 0.15) is 5.82 Å². The second-order valence-corrected chi connectivity index (χ2v) is 4.69. The molecule has 0 saturated carbocycles. The fraction of sp³-hybridized carbons (Fsp3) is 0.571. The van der Waals surface area contributed by atoms with E-state index >= 15 is 0 Å². The van der Waals surface area contributed by atoms with Gasteiger partial charge in [-0.25, -0.2) is 4.39 Å². The number of nitrogens with zero attached hydrogens (tertiary/aromatic N) is 1. The Bertz CT molecular complexity index is 361. The quantitative estimate of drug-likeness (QED) is 0.869. The number of hydrogen-bond acceptors (Lipinski definition) is 2. The Morgan fingerprint density at radius 3 is 2.65 bits per heavy atom. The molecule has 0 aromatic heterocycles. The summed E-state index contributed by atoms with van der Waals surface area (Å²) in [6.45, 7) is 3.08. The maximum Gasteiger partial charge on any atom is 0.126 e. The van der Waals surface area contributed by atoms with Crippen molar-refractivity contribution in [2.24, 2.45) is 0 Å². The summed E-state index contributed by atoms with van der Waals surface area (Å²) in [7, 11) is 0. The van der Waals surface area contributed by atoms with Crippen LogP contribution in [0.25, 0.3) is 0 Å². The molecule has 0 bridgehead atoms. The maximum absolute atomic E-state index is 13.7. The fourth-order valence-electron chi connectivity index (χ4n) is 2.48. The van der Waals surface area contributed by atoms with Gasteiger partial charge in [-0.05, 0) is 49.5 Å². The molecule has 3 heteroatoms. The molecule has 0 aliphatic carbocycles. The van der Waals surface area contributed by atoms with Gasteiger partial charge in [0.25, 0.3) is 0 Å². The van der Waals surface area contributed by atoms with Gasteiger partial charge in [0.15, 0.2) is 0 Å². The van der Waals surface area contributed by atoms with Crippen LogP contribution in [0, 0.1) is 5.82 Å². The smallest absolute Gasteiger partial charge is 0.126 e. The Hall–Kier alpha value is -0.930. The van der Waals surface area contributed by atoms with Gasteiger partial charge in [0.2, 0.25) is 0 Å². The van der Waals surface area contributed by atoms with Crippen molar-refractivity contribution in [2.45, 2.75) is 32.3 Å². The monoisotopic (exact) mass is 237 g/mol. The second kappa shape index (κ2) is 6.12. The Balaban J connectivity index is 1.97. The molecule has 0 spiro atoms. The van der Waals surface area contributed by atoms with Crippen molar-refractivity contribution in [2.75, 3.05) is 19.6 Å². The molecular formula is C14H20FNO. The number of benzene rings is 1. The lowest BCUT2D eigenvalue weighted by atomic mass is 10.0. The lowest BCUT2D eigenvalue weighted by Gasteiger charge is -2.26. The first-order valence-electron chi connectivity index (χ1n) is 6.41. The van der Waals surface area contributed by atoms with E-state index in [0.717, 1.165) is 25.2 Å². The van der Waals surface area contributed by atoms with Crippen LogP contribution in [-0.2, 0) is 13.0 Å². The van der Waals surface area contributed by atoms with E-state index in [9.17, 15) is 9.50 Å². The largest absolute Gasteiger partial charge is 0.392 e. The van der Waals surface area contributed by atoms with Crippen LogP contribution in [0.1, 0.15) is 30.4 Å². The normalized spacial score (nSPS) is 17.3. The number of halogens is 1. The maximum atomic E-state index is 13.7. The zero-order valence-corrected chi connectivity index (χ0v) is 10.2. The van der Waals surface area contributed by atoms with Gasteiger partial charge < -0.3 is 10.0 Å². The third-order valence-electron chi connectivity index (χ3n) is 3.51. The summed E-state index contributed by atoms with van der Waals surface area (Å²) in [6, 6.07) is 4.94. The highest BCUT2D eigenvalue weighted by Gasteiger charge is 2.12. The van der Waals surface area contributed by atoms with E-state index < -0.39 is 0 Å². The summed E-state index contributed by atoms with van der Waals surface area (Å²) < 4.78 is 13.7. The van der Waals surface area contributed by atoms with Gasteiger partial charge in [-0.15, -0.1) is 0 Å². The van der Waals surface area contributed by atoms with Crippen LogP contribution in [0.4, 0.5) is 4.39 Å². The second-order valence-electron chi connectivity index (χ2n) is 4.69. The molecule has 1 aliphatic rings. The molecular weight excluding hydrogens is 217 g/mol. The first-order chi connectivity index (χ1) is 8.31. The Kier molecular flexibility index (Phi) is 4.51. The first-order valence-corrected chi connectivity index (χ1v) is 6.41. The summed E-state index contributed by atoms with van der Waals surface area (Å²) in [5.74, 6) is -0.187. The van der Waals surface area contributed by atoms with Crippen molar-refractivity contribution in [3.05, 3.63) is 35.1 Å². The number of aliphatic hydroxyl groups is 1. The molecule has 17 heavy (non-hydrogen) atoms. The van der Waals surface area contributed by atoms with Gasteiger partial charge >= 0.3 is 0 Å². The number of hydrogen-bond donors (Lipinski definition) is 1. The fourth-order valence-corrected chi connectivity index (χ4v) is 2.48. The standard InChI is InChI=1S/C14H20FNO/c15-14-6-4-5-12(11-17)13(14)7-10-16-8-2-1-3-9-16/h4-6,17H,1-3,7-11H2. The average molecular weight is 237 g/mol. The van der Waals surface area contributed by atoms with Gasteiger partial charge in [0, 0.05) is 6.54 Å². The van der Waals surface area contributed by atoms with Crippen LogP contribution < -0.4 is 0 Å². The molecule has 0 amide bonds. The van der Waals surface area contributed by atoms with E-state index in [4.69, 9.17) is 0 Å². The molecule has 1 saturated heterocycles. The molecule has 1 aliphatic heterocycles. The van der Waals surface area contributed by atoms with Crippen LogP contribution in [0.5, 0.6) is 0 Å². The summed E-state index contributed by atoms with van der Waals surface area (Å²) >= 11 is 0. The van der Waals surface area contributed by atoms with Crippen molar-refractivity contribution >= 4 is 0 Å². The predicted molar refractivity (Wildman–Crippen MR) is 66.3 cm³/mol. The summed E-state index contributed by atoms with van der Waals surface area (Å²) in [5.41, 5.74) is 1.41. The van der Waals surface area contributed by atoms with E-state index in [-0.39, 0.29) is 12.4 Å². The van der Waals surface area contributed by atoms with E-state index in [1.54, 1.807) is 12.1 Å². The lowest BCUT2D eigenvalue weighted by Crippen LogP contribution is -2.31. The van der Waals surface area contributed by atoms with E-state index in [0.29, 0.717) is 12.0 Å². The molecule has 1 N–H and O–H groups in total. The van der Waals surface area contributed by atoms with Crippen LogP contribution in [0.2, 0.25) is 0 Å². The highest BCUT2D eigenvalue weighted by Crippen LogP contribution is 2.16. The topological polar surface area (TPSA) is 23.5 Å². The van der Waals surface area contributed by atoms with E-state index in [1.807, 2.05) is 0 Å². The zero-order chi connectivity index (χ0) is 12.1. The van der Waals surface area contributed by atoms with Crippen LogP contribution >= 0.6 is 0 Å². The number of aliphatic hydroxyl groups excluding tert-OH is 1. The van der Waals surface area contributed by atoms with Crippen molar-refractivity contribution in [3.8, 4) is 0 Å². The molecule has 1 aromatic carbocycles. The van der Waals surface area contributed by atoms with Crippen molar-refractivity contribution in [1.82, 2.24) is 4.90 Å². The number of rotatable bonds is 4. The number of likely N-dealkylation sites (tertiary alicyclic amines) is 1. The highest BCUT2D eigenvalue weighted by molar-refractivity contribution is 5.28. The van der Waals surface area contributed by atoms with E-state index in [1.165, 1.54) is 25.3 Å². The Morgan fingerprint density at radius 1 is 1.18 bits per heavy atom. The van der Waals surface area contributed by atoms with Gasteiger partial charge in [-0.2, -0.15) is 0 Å². The summed E-state index contributed by atoms with van der Waals surface area (Å²) in [5, 5.41) is 9.20. The van der Waals surface area contributed by atoms with Crippen LogP contribution in [0.15, 0.2) is 18.2 Å². The Morgan fingerprint density at radius 2 is 1.94 bits per heavy atom. The molecule has 2 nitrogen and oxygen atoms in total. The molecule has 0 radical (unpaired) electrons. The zero-order valence-electron chi connectivity index (χ0n) is 10.2.